The number of likely N-dealkylation sites (tertiary alicyclic amines) is 1. The second-order valence-electron chi connectivity index (χ2n) is 7.26. The molecule has 3 rings (SSSR count). The Morgan fingerprint density at radius 3 is 2.46 bits per heavy atom. The highest BCUT2D eigenvalue weighted by Gasteiger charge is 2.26. The molecule has 1 aliphatic heterocycles. The third kappa shape index (κ3) is 5.33. The molecule has 148 valence electrons. The fraction of sp³-hybridized carbons (Fsp3) is 0.364. The Kier molecular flexibility index (Phi) is 6.66. The third-order valence-corrected chi connectivity index (χ3v) is 5.22. The molecule has 3 N–H and O–H groups in total. The zero-order chi connectivity index (χ0) is 19.9. The maximum absolute atomic E-state index is 12.4. The van der Waals surface area contributed by atoms with Crippen LogP contribution in [-0.2, 0) is 16.1 Å². The van der Waals surface area contributed by atoms with Gasteiger partial charge >= 0.3 is 0 Å². The maximum atomic E-state index is 12.4. The summed E-state index contributed by atoms with van der Waals surface area (Å²) < 4.78 is 0. The fourth-order valence-corrected chi connectivity index (χ4v) is 3.43. The van der Waals surface area contributed by atoms with Crippen molar-refractivity contribution in [2.75, 3.05) is 25.0 Å². The Balaban J connectivity index is 1.41. The number of nitrogens with zero attached hydrogens (tertiary/aromatic N) is 1. The van der Waals surface area contributed by atoms with Crippen molar-refractivity contribution in [2.24, 2.45) is 5.92 Å². The number of para-hydroxylation sites is 2. The van der Waals surface area contributed by atoms with Crippen molar-refractivity contribution in [3.63, 3.8) is 0 Å². The Hall–Kier alpha value is -2.86. The van der Waals surface area contributed by atoms with Crippen LogP contribution < -0.4 is 10.6 Å². The Bertz CT molecular complexity index is 829. The number of amides is 2. The first kappa shape index (κ1) is 19.9. The molecule has 0 bridgehead atoms. The normalized spacial score (nSPS) is 15.2. The van der Waals surface area contributed by atoms with Crippen molar-refractivity contribution in [3.05, 3.63) is 59.7 Å². The van der Waals surface area contributed by atoms with E-state index in [-0.39, 0.29) is 23.5 Å². The summed E-state index contributed by atoms with van der Waals surface area (Å²) >= 11 is 0. The number of carbonyl (C=O) groups excluding carboxylic acids is 2. The molecule has 6 heteroatoms. The number of aryl methyl sites for hydroxylation is 1. The summed E-state index contributed by atoms with van der Waals surface area (Å²) in [6, 6.07) is 14.7. The summed E-state index contributed by atoms with van der Waals surface area (Å²) in [6.07, 6.45) is 1.40. The molecule has 1 fully saturated rings. The number of hydrogen-bond donors (Lipinski definition) is 3. The number of phenols is 1. The van der Waals surface area contributed by atoms with Crippen molar-refractivity contribution in [1.29, 1.82) is 0 Å². The molecule has 2 amide bonds. The summed E-state index contributed by atoms with van der Waals surface area (Å²) in [7, 11) is 0. The molecule has 0 atom stereocenters. The lowest BCUT2D eigenvalue weighted by Crippen LogP contribution is -2.43. The van der Waals surface area contributed by atoms with Crippen molar-refractivity contribution in [3.8, 4) is 5.75 Å². The van der Waals surface area contributed by atoms with E-state index in [1.807, 2.05) is 31.2 Å². The van der Waals surface area contributed by atoms with Gasteiger partial charge < -0.3 is 15.7 Å². The van der Waals surface area contributed by atoms with Crippen LogP contribution in [0.15, 0.2) is 48.5 Å². The molecule has 28 heavy (non-hydrogen) atoms. The summed E-state index contributed by atoms with van der Waals surface area (Å²) in [5.74, 6) is -0.116. The van der Waals surface area contributed by atoms with Crippen LogP contribution in [0.4, 0.5) is 5.69 Å². The van der Waals surface area contributed by atoms with E-state index in [4.69, 9.17) is 0 Å². The quantitative estimate of drug-likeness (QED) is 0.672. The van der Waals surface area contributed by atoms with Gasteiger partial charge in [-0.25, -0.2) is 0 Å². The van der Waals surface area contributed by atoms with Gasteiger partial charge in [0.15, 0.2) is 0 Å². The number of aromatic hydroxyl groups is 1. The van der Waals surface area contributed by atoms with E-state index in [0.717, 1.165) is 5.56 Å². The van der Waals surface area contributed by atoms with E-state index < -0.39 is 0 Å². The Morgan fingerprint density at radius 1 is 1.07 bits per heavy atom. The second kappa shape index (κ2) is 9.37. The van der Waals surface area contributed by atoms with Crippen LogP contribution in [0.3, 0.4) is 0 Å². The molecule has 0 aliphatic carbocycles. The van der Waals surface area contributed by atoms with Gasteiger partial charge in [-0.2, -0.15) is 0 Å². The van der Waals surface area contributed by atoms with Gasteiger partial charge in [0.2, 0.25) is 11.8 Å². The second-order valence-corrected chi connectivity index (χ2v) is 7.26. The minimum Gasteiger partial charge on any atom is -0.506 e. The largest absolute Gasteiger partial charge is 0.506 e. The van der Waals surface area contributed by atoms with Gasteiger partial charge in [0.05, 0.1) is 12.2 Å². The molecule has 2 aromatic carbocycles. The molecule has 0 saturated carbocycles. The topological polar surface area (TPSA) is 81.7 Å². The van der Waals surface area contributed by atoms with Gasteiger partial charge in [0, 0.05) is 12.5 Å². The minimum atomic E-state index is -0.106. The summed E-state index contributed by atoms with van der Waals surface area (Å²) in [4.78, 5) is 26.7. The van der Waals surface area contributed by atoms with Crippen molar-refractivity contribution < 1.29 is 14.7 Å². The third-order valence-electron chi connectivity index (χ3n) is 5.22. The molecule has 1 saturated heterocycles. The number of anilines is 1. The summed E-state index contributed by atoms with van der Waals surface area (Å²) in [5.41, 5.74) is 2.72. The summed E-state index contributed by atoms with van der Waals surface area (Å²) in [6.45, 7) is 4.32. The van der Waals surface area contributed by atoms with Crippen LogP contribution >= 0.6 is 0 Å². The van der Waals surface area contributed by atoms with Gasteiger partial charge in [-0.05, 0) is 56.1 Å². The smallest absolute Gasteiger partial charge is 0.234 e. The van der Waals surface area contributed by atoms with E-state index in [1.165, 1.54) is 5.56 Å². The number of piperidine rings is 1. The van der Waals surface area contributed by atoms with Crippen LogP contribution in [0, 0.1) is 12.8 Å². The standard InChI is InChI=1S/C22H27N3O3/c1-16-6-2-3-7-18(16)14-23-21(27)15-25-12-10-17(11-13-25)22(28)24-19-8-4-5-9-20(19)26/h2-9,17,26H,10-15H2,1H3,(H,23,27)(H,24,28). The monoisotopic (exact) mass is 381 g/mol. The average molecular weight is 381 g/mol. The summed E-state index contributed by atoms with van der Waals surface area (Å²) in [5, 5.41) is 15.5. The fourth-order valence-electron chi connectivity index (χ4n) is 3.43. The highest BCUT2D eigenvalue weighted by Crippen LogP contribution is 2.24. The number of benzene rings is 2. The number of nitrogens with one attached hydrogen (secondary N) is 2. The van der Waals surface area contributed by atoms with Crippen molar-refractivity contribution >= 4 is 17.5 Å². The van der Waals surface area contributed by atoms with E-state index in [2.05, 4.69) is 15.5 Å². The molecular formula is C22H27N3O3. The predicted octanol–water partition coefficient (Wildman–Crippen LogP) is 2.67. The van der Waals surface area contributed by atoms with Gasteiger partial charge in [-0.3, -0.25) is 14.5 Å². The lowest BCUT2D eigenvalue weighted by atomic mass is 9.95. The Labute approximate surface area is 165 Å². The zero-order valence-electron chi connectivity index (χ0n) is 16.1. The van der Waals surface area contributed by atoms with Crippen LogP contribution in [0.5, 0.6) is 5.75 Å². The Morgan fingerprint density at radius 2 is 1.75 bits per heavy atom. The highest BCUT2D eigenvalue weighted by atomic mass is 16.3. The van der Waals surface area contributed by atoms with Crippen molar-refractivity contribution in [1.82, 2.24) is 10.2 Å². The number of phenolic OH excluding ortho intramolecular Hbond substituents is 1. The van der Waals surface area contributed by atoms with Crippen LogP contribution in [-0.4, -0.2) is 41.5 Å². The van der Waals surface area contributed by atoms with E-state index in [0.29, 0.717) is 44.7 Å². The number of hydrogen-bond acceptors (Lipinski definition) is 4. The maximum Gasteiger partial charge on any atom is 0.234 e. The first-order valence-corrected chi connectivity index (χ1v) is 9.65. The van der Waals surface area contributed by atoms with Gasteiger partial charge in [-0.1, -0.05) is 36.4 Å². The van der Waals surface area contributed by atoms with Gasteiger partial charge in [-0.15, -0.1) is 0 Å². The molecule has 1 aliphatic rings. The number of rotatable bonds is 6. The van der Waals surface area contributed by atoms with Crippen LogP contribution in [0.2, 0.25) is 0 Å². The predicted molar refractivity (Wildman–Crippen MR) is 109 cm³/mol. The molecule has 0 unspecified atom stereocenters. The molecule has 0 aromatic heterocycles. The molecule has 0 spiro atoms. The van der Waals surface area contributed by atoms with Crippen molar-refractivity contribution in [2.45, 2.75) is 26.3 Å². The minimum absolute atomic E-state index is 0.000336. The van der Waals surface area contributed by atoms with Crippen LogP contribution in [0.1, 0.15) is 24.0 Å². The van der Waals surface area contributed by atoms with Gasteiger partial charge in [0.25, 0.3) is 0 Å². The van der Waals surface area contributed by atoms with Gasteiger partial charge in [0.1, 0.15) is 5.75 Å². The molecular weight excluding hydrogens is 354 g/mol. The number of carbonyl (C=O) groups is 2. The first-order valence-electron chi connectivity index (χ1n) is 9.65. The zero-order valence-corrected chi connectivity index (χ0v) is 16.1. The first-order chi connectivity index (χ1) is 13.5. The van der Waals surface area contributed by atoms with Crippen LogP contribution in [0.25, 0.3) is 0 Å². The molecule has 6 nitrogen and oxygen atoms in total. The van der Waals surface area contributed by atoms with E-state index in [1.54, 1.807) is 24.3 Å². The SMILES string of the molecule is Cc1ccccc1CNC(=O)CN1CCC(C(=O)Nc2ccccc2O)CC1. The molecule has 1 heterocycles. The molecule has 0 radical (unpaired) electrons. The highest BCUT2D eigenvalue weighted by molar-refractivity contribution is 5.93. The van der Waals surface area contributed by atoms with E-state index >= 15 is 0 Å². The average Bonchev–Trinajstić information content (AvgIpc) is 2.69. The molecule has 2 aromatic rings. The lowest BCUT2D eigenvalue weighted by molar-refractivity contribution is -0.123. The van der Waals surface area contributed by atoms with E-state index in [9.17, 15) is 14.7 Å². The lowest BCUT2D eigenvalue weighted by Gasteiger charge is -2.30.